The Morgan fingerprint density at radius 2 is 2.07 bits per heavy atom. The first-order valence-corrected chi connectivity index (χ1v) is 9.78. The number of aromatic nitrogens is 3. The molecule has 6 nitrogen and oxygen atoms in total. The van der Waals surface area contributed by atoms with Crippen LogP contribution in [0.25, 0.3) is 0 Å². The van der Waals surface area contributed by atoms with Crippen LogP contribution in [0.5, 0.6) is 11.5 Å². The fourth-order valence-corrected chi connectivity index (χ4v) is 3.43. The molecular weight excluding hydrogens is 471 g/mol. The Kier molecular flexibility index (Phi) is 6.58. The van der Waals surface area contributed by atoms with Crippen LogP contribution in [0, 0.1) is 17.5 Å². The van der Waals surface area contributed by atoms with Gasteiger partial charge in [-0.2, -0.15) is 5.10 Å². The van der Waals surface area contributed by atoms with Gasteiger partial charge in [0, 0.05) is 10.0 Å². The molecule has 2 aromatic carbocycles. The van der Waals surface area contributed by atoms with Gasteiger partial charge in [-0.25, -0.2) is 9.07 Å². The normalized spacial score (nSPS) is 10.8. The van der Waals surface area contributed by atoms with E-state index in [9.17, 15) is 4.39 Å². The van der Waals surface area contributed by atoms with Crippen molar-refractivity contribution in [3.05, 3.63) is 67.4 Å². The van der Waals surface area contributed by atoms with Crippen LogP contribution in [-0.2, 0) is 13.2 Å². The van der Waals surface area contributed by atoms with Crippen LogP contribution in [0.1, 0.15) is 17.0 Å². The SMILES string of the molecule is COc1cc(CNn2c(C)n[nH]c2=S)c(Br)cc1OCc1ccc(F)cc1Cl. The monoisotopic (exact) mass is 486 g/mol. The van der Waals surface area contributed by atoms with Gasteiger partial charge in [0.05, 0.1) is 18.7 Å². The van der Waals surface area contributed by atoms with Crippen LogP contribution in [0.2, 0.25) is 5.02 Å². The average Bonchev–Trinajstić information content (AvgIpc) is 2.98. The summed E-state index contributed by atoms with van der Waals surface area (Å²) in [5, 5.41) is 7.09. The summed E-state index contributed by atoms with van der Waals surface area (Å²) in [6.45, 7) is 2.50. The number of rotatable bonds is 7. The number of hydrogen-bond donors (Lipinski definition) is 2. The number of methoxy groups -OCH3 is 1. The van der Waals surface area contributed by atoms with Crippen LogP contribution < -0.4 is 14.9 Å². The second kappa shape index (κ2) is 8.93. The van der Waals surface area contributed by atoms with Gasteiger partial charge in [0.25, 0.3) is 0 Å². The molecule has 0 aliphatic heterocycles. The number of aryl methyl sites for hydroxylation is 1. The van der Waals surface area contributed by atoms with E-state index in [0.717, 1.165) is 15.9 Å². The first-order valence-electron chi connectivity index (χ1n) is 8.20. The maximum Gasteiger partial charge on any atom is 0.214 e. The van der Waals surface area contributed by atoms with Crippen molar-refractivity contribution in [3.63, 3.8) is 0 Å². The lowest BCUT2D eigenvalue weighted by atomic mass is 10.2. The molecule has 0 unspecified atom stereocenters. The lowest BCUT2D eigenvalue weighted by molar-refractivity contribution is 0.284. The highest BCUT2D eigenvalue weighted by molar-refractivity contribution is 9.10. The molecule has 3 rings (SSSR count). The molecule has 0 aliphatic carbocycles. The Hall–Kier alpha value is -2.10. The van der Waals surface area contributed by atoms with Crippen LogP contribution >= 0.6 is 39.7 Å². The van der Waals surface area contributed by atoms with Crippen molar-refractivity contribution in [1.29, 1.82) is 0 Å². The fourth-order valence-electron chi connectivity index (χ4n) is 2.51. The number of aromatic amines is 1. The van der Waals surface area contributed by atoms with E-state index in [2.05, 4.69) is 31.6 Å². The van der Waals surface area contributed by atoms with Gasteiger partial charge in [-0.15, -0.1) is 0 Å². The summed E-state index contributed by atoms with van der Waals surface area (Å²) >= 11 is 14.8. The molecule has 0 amide bonds. The first-order chi connectivity index (χ1) is 13.4. The molecule has 0 spiro atoms. The number of benzene rings is 2. The van der Waals surface area contributed by atoms with Gasteiger partial charge in [0.15, 0.2) is 11.5 Å². The molecule has 0 aliphatic rings. The second-order valence-electron chi connectivity index (χ2n) is 5.87. The second-order valence-corrected chi connectivity index (χ2v) is 7.51. The van der Waals surface area contributed by atoms with Crippen LogP contribution in [-0.4, -0.2) is 22.0 Å². The van der Waals surface area contributed by atoms with Crippen LogP contribution in [0.15, 0.2) is 34.8 Å². The van der Waals surface area contributed by atoms with Crippen LogP contribution in [0.3, 0.4) is 0 Å². The predicted octanol–water partition coefficient (Wildman–Crippen LogP) is 5.14. The minimum Gasteiger partial charge on any atom is -0.493 e. The highest BCUT2D eigenvalue weighted by Crippen LogP contribution is 2.34. The van der Waals surface area contributed by atoms with Crippen molar-refractivity contribution in [2.75, 3.05) is 12.5 Å². The van der Waals surface area contributed by atoms with Gasteiger partial charge < -0.3 is 14.9 Å². The molecular formula is C18H17BrClFN4O2S. The van der Waals surface area contributed by atoms with Crippen molar-refractivity contribution in [3.8, 4) is 11.5 Å². The zero-order valence-corrected chi connectivity index (χ0v) is 18.2. The third-order valence-electron chi connectivity index (χ3n) is 4.00. The van der Waals surface area contributed by atoms with Gasteiger partial charge >= 0.3 is 0 Å². The largest absolute Gasteiger partial charge is 0.493 e. The van der Waals surface area contributed by atoms with Crippen molar-refractivity contribution >= 4 is 39.7 Å². The Morgan fingerprint density at radius 1 is 1.29 bits per heavy atom. The van der Waals surface area contributed by atoms with Crippen molar-refractivity contribution < 1.29 is 13.9 Å². The Morgan fingerprint density at radius 3 is 2.71 bits per heavy atom. The number of H-pyrrole nitrogens is 1. The molecule has 1 heterocycles. The molecule has 148 valence electrons. The van der Waals surface area contributed by atoms with Gasteiger partial charge in [0.2, 0.25) is 4.77 Å². The summed E-state index contributed by atoms with van der Waals surface area (Å²) in [4.78, 5) is 0. The Labute approximate surface area is 179 Å². The molecule has 2 N–H and O–H groups in total. The summed E-state index contributed by atoms with van der Waals surface area (Å²) in [6, 6.07) is 7.86. The van der Waals surface area contributed by atoms with Crippen molar-refractivity contribution in [1.82, 2.24) is 14.9 Å². The summed E-state index contributed by atoms with van der Waals surface area (Å²) < 4.78 is 27.5. The molecule has 0 bridgehead atoms. The number of ether oxygens (including phenoxy) is 2. The summed E-state index contributed by atoms with van der Waals surface area (Å²) in [5.41, 5.74) is 4.81. The predicted molar refractivity (Wildman–Crippen MR) is 112 cm³/mol. The van der Waals surface area contributed by atoms with Gasteiger partial charge in [-0.3, -0.25) is 5.10 Å². The standard InChI is InChI=1S/C18H17BrClFN4O2S/c1-10-23-24-18(28)25(10)22-8-12-5-16(26-2)17(7-14(12)19)27-9-11-3-4-13(21)6-15(11)20/h3-7,22H,8-9H2,1-2H3,(H,24,28). The molecule has 10 heteroatoms. The average molecular weight is 488 g/mol. The maximum absolute atomic E-state index is 13.2. The van der Waals surface area contributed by atoms with Gasteiger partial charge in [-0.1, -0.05) is 33.6 Å². The van der Waals surface area contributed by atoms with Crippen molar-refractivity contribution in [2.24, 2.45) is 0 Å². The smallest absolute Gasteiger partial charge is 0.214 e. The first kappa shape index (κ1) is 20.6. The zero-order valence-electron chi connectivity index (χ0n) is 15.1. The molecule has 0 saturated carbocycles. The molecule has 0 fully saturated rings. The van der Waals surface area contributed by atoms with E-state index in [1.807, 2.05) is 19.1 Å². The molecule has 0 radical (unpaired) electrons. The topological polar surface area (TPSA) is 64.1 Å². The molecule has 0 saturated heterocycles. The molecule has 1 aromatic heterocycles. The molecule has 0 atom stereocenters. The Bertz CT molecular complexity index is 1060. The summed E-state index contributed by atoms with van der Waals surface area (Å²) in [6.07, 6.45) is 0. The van der Waals surface area contributed by atoms with E-state index in [4.69, 9.17) is 33.3 Å². The quantitative estimate of drug-likeness (QED) is 0.452. The summed E-state index contributed by atoms with van der Waals surface area (Å²) in [7, 11) is 1.56. The fraction of sp³-hybridized carbons (Fsp3) is 0.222. The number of nitrogens with one attached hydrogen (secondary N) is 2. The number of halogens is 3. The van der Waals surface area contributed by atoms with E-state index in [-0.39, 0.29) is 12.4 Å². The van der Waals surface area contributed by atoms with E-state index in [1.165, 1.54) is 12.1 Å². The Balaban J connectivity index is 1.76. The third-order valence-corrected chi connectivity index (χ3v) is 5.36. The number of nitrogens with zero attached hydrogens (tertiary/aromatic N) is 2. The summed E-state index contributed by atoms with van der Waals surface area (Å²) in [5.74, 6) is 1.43. The number of hydrogen-bond acceptors (Lipinski definition) is 5. The molecule has 3 aromatic rings. The van der Waals surface area contributed by atoms with Crippen LogP contribution in [0.4, 0.5) is 4.39 Å². The minimum absolute atomic E-state index is 0.183. The van der Waals surface area contributed by atoms with E-state index < -0.39 is 0 Å². The zero-order chi connectivity index (χ0) is 20.3. The van der Waals surface area contributed by atoms with Gasteiger partial charge in [0.1, 0.15) is 18.2 Å². The van der Waals surface area contributed by atoms with Gasteiger partial charge in [-0.05, 0) is 49.0 Å². The van der Waals surface area contributed by atoms with E-state index >= 15 is 0 Å². The lowest BCUT2D eigenvalue weighted by Gasteiger charge is -2.15. The minimum atomic E-state index is -0.390. The molecule has 28 heavy (non-hydrogen) atoms. The lowest BCUT2D eigenvalue weighted by Crippen LogP contribution is -2.16. The van der Waals surface area contributed by atoms with E-state index in [1.54, 1.807) is 17.9 Å². The highest BCUT2D eigenvalue weighted by atomic mass is 79.9. The maximum atomic E-state index is 13.2. The van der Waals surface area contributed by atoms with E-state index in [0.29, 0.717) is 33.4 Å². The van der Waals surface area contributed by atoms with Crippen molar-refractivity contribution in [2.45, 2.75) is 20.1 Å². The third kappa shape index (κ3) is 4.65. The highest BCUT2D eigenvalue weighted by Gasteiger charge is 2.12.